The molecule has 1 aromatic heterocycles. The van der Waals surface area contributed by atoms with Gasteiger partial charge in [0.05, 0.1) is 18.5 Å². The largest absolute Gasteiger partial charge is 0.340 e. The molecule has 0 spiro atoms. The summed E-state index contributed by atoms with van der Waals surface area (Å²) in [5, 5.41) is 4.20. The van der Waals surface area contributed by atoms with Crippen molar-refractivity contribution in [2.75, 3.05) is 26.4 Å². The van der Waals surface area contributed by atoms with Gasteiger partial charge in [-0.3, -0.25) is 9.48 Å². The van der Waals surface area contributed by atoms with Crippen LogP contribution in [0.3, 0.4) is 0 Å². The number of rotatable bonds is 5. The maximum atomic E-state index is 12.5. The van der Waals surface area contributed by atoms with Crippen LogP contribution in [0.15, 0.2) is 12.3 Å². The van der Waals surface area contributed by atoms with Crippen LogP contribution < -0.4 is 0 Å². The third-order valence-electron chi connectivity index (χ3n) is 4.15. The number of hydrogen-bond donors (Lipinski definition) is 0. The maximum Gasteiger partial charge on any atom is 0.225 e. The Morgan fingerprint density at radius 3 is 2.59 bits per heavy atom. The Bertz CT molecular complexity index is 618. The second-order valence-electron chi connectivity index (χ2n) is 5.77. The topological polar surface area (TPSA) is 75.5 Å². The van der Waals surface area contributed by atoms with Crippen molar-refractivity contribution in [1.82, 2.24) is 19.0 Å². The van der Waals surface area contributed by atoms with Crippen LogP contribution in [0.4, 0.5) is 0 Å². The van der Waals surface area contributed by atoms with E-state index in [0.717, 1.165) is 12.2 Å². The molecule has 7 nitrogen and oxygen atoms in total. The van der Waals surface area contributed by atoms with Gasteiger partial charge in [0, 0.05) is 38.8 Å². The molecule has 2 rings (SSSR count). The van der Waals surface area contributed by atoms with Crippen LogP contribution in [-0.2, 0) is 27.9 Å². The SMILES string of the molecule is CCn1nccc1CN(C)C(=O)C1CCN(S(C)(=O)=O)CC1. The fourth-order valence-electron chi connectivity index (χ4n) is 2.85. The first-order valence-electron chi connectivity index (χ1n) is 7.53. The van der Waals surface area contributed by atoms with E-state index in [1.165, 1.54) is 10.6 Å². The lowest BCUT2D eigenvalue weighted by atomic mass is 9.96. The van der Waals surface area contributed by atoms with E-state index >= 15 is 0 Å². The lowest BCUT2D eigenvalue weighted by Gasteiger charge is -2.31. The molecule has 22 heavy (non-hydrogen) atoms. The highest BCUT2D eigenvalue weighted by atomic mass is 32.2. The highest BCUT2D eigenvalue weighted by Gasteiger charge is 2.30. The molecule has 0 N–H and O–H groups in total. The van der Waals surface area contributed by atoms with Crippen molar-refractivity contribution in [2.45, 2.75) is 32.9 Å². The Morgan fingerprint density at radius 2 is 2.05 bits per heavy atom. The minimum absolute atomic E-state index is 0.0806. The number of nitrogens with zero attached hydrogens (tertiary/aromatic N) is 4. The second-order valence-corrected chi connectivity index (χ2v) is 7.75. The third-order valence-corrected chi connectivity index (χ3v) is 5.45. The number of aryl methyl sites for hydroxylation is 1. The average Bonchev–Trinajstić information content (AvgIpc) is 2.92. The van der Waals surface area contributed by atoms with Gasteiger partial charge >= 0.3 is 0 Å². The normalized spacial score (nSPS) is 17.6. The lowest BCUT2D eigenvalue weighted by molar-refractivity contribution is -0.136. The summed E-state index contributed by atoms with van der Waals surface area (Å²) in [6.45, 7) is 4.17. The number of carbonyl (C=O) groups is 1. The summed E-state index contributed by atoms with van der Waals surface area (Å²) in [5.41, 5.74) is 1.01. The zero-order valence-corrected chi connectivity index (χ0v) is 14.2. The van der Waals surface area contributed by atoms with Gasteiger partial charge in [-0.1, -0.05) is 0 Å². The Morgan fingerprint density at radius 1 is 1.41 bits per heavy atom. The highest BCUT2D eigenvalue weighted by Crippen LogP contribution is 2.21. The van der Waals surface area contributed by atoms with Gasteiger partial charge in [0.15, 0.2) is 0 Å². The van der Waals surface area contributed by atoms with E-state index in [2.05, 4.69) is 5.10 Å². The van der Waals surface area contributed by atoms with E-state index in [9.17, 15) is 13.2 Å². The second kappa shape index (κ2) is 6.78. The number of hydrogen-bond acceptors (Lipinski definition) is 4. The number of piperidine rings is 1. The summed E-state index contributed by atoms with van der Waals surface area (Å²) in [4.78, 5) is 14.2. The predicted molar refractivity (Wildman–Crippen MR) is 83.5 cm³/mol. The van der Waals surface area contributed by atoms with Gasteiger partial charge in [0.1, 0.15) is 0 Å². The van der Waals surface area contributed by atoms with Crippen LogP contribution in [0.25, 0.3) is 0 Å². The molecular weight excluding hydrogens is 304 g/mol. The molecular formula is C14H24N4O3S. The zero-order valence-electron chi connectivity index (χ0n) is 13.4. The molecule has 0 saturated carbocycles. The van der Waals surface area contributed by atoms with E-state index in [-0.39, 0.29) is 11.8 Å². The molecule has 1 aliphatic heterocycles. The molecule has 0 bridgehead atoms. The van der Waals surface area contributed by atoms with Crippen LogP contribution in [0.2, 0.25) is 0 Å². The van der Waals surface area contributed by atoms with Crippen LogP contribution in [-0.4, -0.2) is 59.7 Å². The summed E-state index contributed by atoms with van der Waals surface area (Å²) in [6.07, 6.45) is 4.13. The number of carbonyl (C=O) groups excluding carboxylic acids is 1. The fourth-order valence-corrected chi connectivity index (χ4v) is 3.72. The Kier molecular flexibility index (Phi) is 5.23. The molecule has 1 saturated heterocycles. The lowest BCUT2D eigenvalue weighted by Crippen LogP contribution is -2.43. The minimum Gasteiger partial charge on any atom is -0.340 e. The first-order chi connectivity index (χ1) is 10.3. The molecule has 1 amide bonds. The minimum atomic E-state index is -3.15. The van der Waals surface area contributed by atoms with Gasteiger partial charge in [0.2, 0.25) is 15.9 Å². The number of sulfonamides is 1. The third kappa shape index (κ3) is 3.86. The summed E-state index contributed by atoms with van der Waals surface area (Å²) in [6, 6.07) is 1.92. The van der Waals surface area contributed by atoms with Crippen LogP contribution in [0, 0.1) is 5.92 Å². The van der Waals surface area contributed by atoms with Crippen molar-refractivity contribution in [3.05, 3.63) is 18.0 Å². The molecule has 8 heteroatoms. The van der Waals surface area contributed by atoms with Gasteiger partial charge < -0.3 is 4.90 Å². The molecule has 124 valence electrons. The smallest absolute Gasteiger partial charge is 0.225 e. The molecule has 1 aromatic rings. The van der Waals surface area contributed by atoms with E-state index in [0.29, 0.717) is 32.5 Å². The van der Waals surface area contributed by atoms with Crippen molar-refractivity contribution in [3.8, 4) is 0 Å². The first-order valence-corrected chi connectivity index (χ1v) is 9.38. The molecule has 1 fully saturated rings. The number of amides is 1. The van der Waals surface area contributed by atoms with Gasteiger partial charge in [-0.25, -0.2) is 12.7 Å². The molecule has 2 heterocycles. The highest BCUT2D eigenvalue weighted by molar-refractivity contribution is 7.88. The van der Waals surface area contributed by atoms with Crippen molar-refractivity contribution >= 4 is 15.9 Å². The quantitative estimate of drug-likeness (QED) is 0.790. The summed E-state index contributed by atoms with van der Waals surface area (Å²) >= 11 is 0. The van der Waals surface area contributed by atoms with Crippen molar-refractivity contribution in [1.29, 1.82) is 0 Å². The molecule has 0 unspecified atom stereocenters. The zero-order chi connectivity index (χ0) is 16.3. The Balaban J connectivity index is 1.92. The summed E-state index contributed by atoms with van der Waals surface area (Å²) in [7, 11) is -1.36. The van der Waals surface area contributed by atoms with Gasteiger partial charge in [-0.15, -0.1) is 0 Å². The average molecular weight is 328 g/mol. The van der Waals surface area contributed by atoms with E-state index < -0.39 is 10.0 Å². The molecule has 1 aliphatic rings. The number of aromatic nitrogens is 2. The Labute approximate surface area is 131 Å². The van der Waals surface area contributed by atoms with Crippen molar-refractivity contribution < 1.29 is 13.2 Å². The molecule has 0 aromatic carbocycles. The fraction of sp³-hybridized carbons (Fsp3) is 0.714. The molecule has 0 atom stereocenters. The van der Waals surface area contributed by atoms with Gasteiger partial charge in [-0.05, 0) is 25.8 Å². The molecule has 0 radical (unpaired) electrons. The van der Waals surface area contributed by atoms with Crippen LogP contribution in [0.5, 0.6) is 0 Å². The first kappa shape index (κ1) is 17.0. The standard InChI is InChI=1S/C14H24N4O3S/c1-4-18-13(5-8-15-18)11-16(2)14(19)12-6-9-17(10-7-12)22(3,20)21/h5,8,12H,4,6-7,9-11H2,1-3H3. The monoisotopic (exact) mass is 328 g/mol. The van der Waals surface area contributed by atoms with Crippen LogP contribution in [0.1, 0.15) is 25.5 Å². The maximum absolute atomic E-state index is 12.5. The molecule has 0 aliphatic carbocycles. The van der Waals surface area contributed by atoms with E-state index in [4.69, 9.17) is 0 Å². The Hall–Kier alpha value is -1.41. The van der Waals surface area contributed by atoms with Gasteiger partial charge in [-0.2, -0.15) is 5.10 Å². The summed E-state index contributed by atoms with van der Waals surface area (Å²) in [5.74, 6) is -0.0157. The van der Waals surface area contributed by atoms with Crippen LogP contribution >= 0.6 is 0 Å². The van der Waals surface area contributed by atoms with Gasteiger partial charge in [0.25, 0.3) is 0 Å². The van der Waals surface area contributed by atoms with Crippen molar-refractivity contribution in [2.24, 2.45) is 5.92 Å². The predicted octanol–water partition coefficient (Wildman–Crippen LogP) is 0.533. The van der Waals surface area contributed by atoms with Crippen molar-refractivity contribution in [3.63, 3.8) is 0 Å². The van der Waals surface area contributed by atoms with E-state index in [1.807, 2.05) is 17.7 Å². The van der Waals surface area contributed by atoms with E-state index in [1.54, 1.807) is 18.1 Å². The summed E-state index contributed by atoms with van der Waals surface area (Å²) < 4.78 is 26.3.